The lowest BCUT2D eigenvalue weighted by Crippen LogP contribution is -2.46. The fourth-order valence-corrected chi connectivity index (χ4v) is 2.44. The molecule has 0 saturated carbocycles. The van der Waals surface area contributed by atoms with Crippen molar-refractivity contribution in [1.82, 2.24) is 0 Å². The highest BCUT2D eigenvalue weighted by Crippen LogP contribution is 2.40. The standard InChI is InChI=1S/C18H38O2/c1-13(15(3,4)5)17(9,10)19-20-18(11,12)14(2)16(6,7)8/h13-14H,1-12H3. The lowest BCUT2D eigenvalue weighted by molar-refractivity contribution is -0.423. The van der Waals surface area contributed by atoms with E-state index >= 15 is 0 Å². The van der Waals surface area contributed by atoms with E-state index in [-0.39, 0.29) is 22.0 Å². The first-order valence-electron chi connectivity index (χ1n) is 7.88. The first-order valence-corrected chi connectivity index (χ1v) is 7.88. The highest BCUT2D eigenvalue weighted by Gasteiger charge is 2.41. The van der Waals surface area contributed by atoms with E-state index in [1.165, 1.54) is 0 Å². The molecule has 0 bridgehead atoms. The maximum atomic E-state index is 5.90. The zero-order valence-electron chi connectivity index (χ0n) is 16.0. The molecule has 0 radical (unpaired) electrons. The molecular weight excluding hydrogens is 248 g/mol. The Labute approximate surface area is 127 Å². The maximum Gasteiger partial charge on any atom is 0.101 e. The zero-order chi connectivity index (χ0) is 16.6. The average Bonchev–Trinajstić information content (AvgIpc) is 2.22. The Morgan fingerprint density at radius 2 is 0.700 bits per heavy atom. The Morgan fingerprint density at radius 1 is 0.500 bits per heavy atom. The van der Waals surface area contributed by atoms with Crippen LogP contribution in [0.15, 0.2) is 0 Å². The van der Waals surface area contributed by atoms with Gasteiger partial charge in [-0.2, -0.15) is 0 Å². The average molecular weight is 286 g/mol. The molecule has 0 spiro atoms. The Hall–Kier alpha value is -0.0800. The molecular formula is C18H38O2. The van der Waals surface area contributed by atoms with Crippen LogP contribution < -0.4 is 0 Å². The van der Waals surface area contributed by atoms with E-state index in [4.69, 9.17) is 9.78 Å². The van der Waals surface area contributed by atoms with Gasteiger partial charge in [0.25, 0.3) is 0 Å². The third-order valence-corrected chi connectivity index (χ3v) is 5.15. The molecule has 2 atom stereocenters. The Balaban J connectivity index is 4.84. The summed E-state index contributed by atoms with van der Waals surface area (Å²) in [5, 5.41) is 0. The fraction of sp³-hybridized carbons (Fsp3) is 1.00. The van der Waals surface area contributed by atoms with Crippen LogP contribution in [-0.4, -0.2) is 11.2 Å². The summed E-state index contributed by atoms with van der Waals surface area (Å²) in [6.45, 7) is 26.3. The second-order valence-electron chi connectivity index (χ2n) is 9.55. The second-order valence-corrected chi connectivity index (χ2v) is 9.55. The van der Waals surface area contributed by atoms with Crippen LogP contribution in [0.4, 0.5) is 0 Å². The lowest BCUT2D eigenvalue weighted by Gasteiger charge is -2.44. The van der Waals surface area contributed by atoms with E-state index in [1.54, 1.807) is 0 Å². The minimum Gasteiger partial charge on any atom is -0.230 e. The fourth-order valence-electron chi connectivity index (χ4n) is 2.44. The first kappa shape index (κ1) is 19.9. The molecule has 2 unspecified atom stereocenters. The molecule has 0 rings (SSSR count). The molecule has 0 saturated heterocycles. The van der Waals surface area contributed by atoms with Gasteiger partial charge in [-0.15, -0.1) is 0 Å². The minimum absolute atomic E-state index is 0.187. The molecule has 0 aromatic rings. The molecule has 122 valence electrons. The van der Waals surface area contributed by atoms with Crippen LogP contribution in [0, 0.1) is 22.7 Å². The largest absolute Gasteiger partial charge is 0.230 e. The van der Waals surface area contributed by atoms with Crippen LogP contribution in [0.3, 0.4) is 0 Å². The van der Waals surface area contributed by atoms with Crippen molar-refractivity contribution >= 4 is 0 Å². The van der Waals surface area contributed by atoms with Crippen LogP contribution in [0.25, 0.3) is 0 Å². The molecule has 0 fully saturated rings. The molecule has 0 aliphatic carbocycles. The van der Waals surface area contributed by atoms with E-state index in [2.05, 4.69) is 83.1 Å². The lowest BCUT2D eigenvalue weighted by atomic mass is 9.73. The number of rotatable bonds is 5. The first-order chi connectivity index (χ1) is 8.52. The van der Waals surface area contributed by atoms with Gasteiger partial charge in [0, 0.05) is 0 Å². The summed E-state index contributed by atoms with van der Waals surface area (Å²) in [4.78, 5) is 11.8. The molecule has 0 aromatic carbocycles. The monoisotopic (exact) mass is 286 g/mol. The zero-order valence-corrected chi connectivity index (χ0v) is 16.0. The Morgan fingerprint density at radius 3 is 0.850 bits per heavy atom. The van der Waals surface area contributed by atoms with Gasteiger partial charge in [-0.3, -0.25) is 0 Å². The molecule has 20 heavy (non-hydrogen) atoms. The predicted molar refractivity (Wildman–Crippen MR) is 87.6 cm³/mol. The summed E-state index contributed by atoms with van der Waals surface area (Å²) >= 11 is 0. The molecule has 0 aliphatic heterocycles. The topological polar surface area (TPSA) is 18.5 Å². The van der Waals surface area contributed by atoms with Crippen LogP contribution in [0.5, 0.6) is 0 Å². The SMILES string of the molecule is CC(C(C)(C)C)C(C)(C)OOC(C)(C)C(C)C(C)(C)C. The van der Waals surface area contributed by atoms with Gasteiger partial charge < -0.3 is 0 Å². The van der Waals surface area contributed by atoms with Gasteiger partial charge in [0.15, 0.2) is 0 Å². The molecule has 0 N–H and O–H groups in total. The molecule has 2 heteroatoms. The Bertz CT molecular complexity index is 270. The van der Waals surface area contributed by atoms with Gasteiger partial charge in [-0.05, 0) is 50.4 Å². The highest BCUT2D eigenvalue weighted by atomic mass is 17.2. The van der Waals surface area contributed by atoms with E-state index < -0.39 is 0 Å². The second kappa shape index (κ2) is 5.96. The summed E-state index contributed by atoms with van der Waals surface area (Å²) in [7, 11) is 0. The van der Waals surface area contributed by atoms with Crippen LogP contribution in [-0.2, 0) is 9.78 Å². The third-order valence-electron chi connectivity index (χ3n) is 5.15. The van der Waals surface area contributed by atoms with Crippen molar-refractivity contribution in [2.24, 2.45) is 22.7 Å². The van der Waals surface area contributed by atoms with Gasteiger partial charge in [0.05, 0.1) is 0 Å². The van der Waals surface area contributed by atoms with Crippen molar-refractivity contribution in [1.29, 1.82) is 0 Å². The summed E-state index contributed by atoms with van der Waals surface area (Å²) in [5.74, 6) is 0.770. The number of hydrogen-bond donors (Lipinski definition) is 0. The van der Waals surface area contributed by atoms with Crippen molar-refractivity contribution in [3.63, 3.8) is 0 Å². The summed E-state index contributed by atoms with van der Waals surface area (Å²) in [6.07, 6.45) is 0. The predicted octanol–water partition coefficient (Wildman–Crippen LogP) is 5.86. The molecule has 2 nitrogen and oxygen atoms in total. The van der Waals surface area contributed by atoms with Crippen LogP contribution in [0.2, 0.25) is 0 Å². The smallest absolute Gasteiger partial charge is 0.101 e. The van der Waals surface area contributed by atoms with Crippen molar-refractivity contribution in [2.45, 2.75) is 94.3 Å². The minimum atomic E-state index is -0.312. The molecule has 0 aromatic heterocycles. The highest BCUT2D eigenvalue weighted by molar-refractivity contribution is 4.86. The Kier molecular flexibility index (Phi) is 5.94. The van der Waals surface area contributed by atoms with E-state index in [0.29, 0.717) is 11.8 Å². The van der Waals surface area contributed by atoms with Gasteiger partial charge in [-0.25, -0.2) is 9.78 Å². The summed E-state index contributed by atoms with van der Waals surface area (Å²) < 4.78 is 0. The van der Waals surface area contributed by atoms with Crippen molar-refractivity contribution < 1.29 is 9.78 Å². The van der Waals surface area contributed by atoms with Gasteiger partial charge >= 0.3 is 0 Å². The molecule has 0 aliphatic rings. The normalized spacial score (nSPS) is 18.0. The quantitative estimate of drug-likeness (QED) is 0.466. The summed E-state index contributed by atoms with van der Waals surface area (Å²) in [5.41, 5.74) is -0.250. The molecule has 0 heterocycles. The van der Waals surface area contributed by atoms with Crippen molar-refractivity contribution in [2.75, 3.05) is 0 Å². The van der Waals surface area contributed by atoms with Crippen molar-refractivity contribution in [3.05, 3.63) is 0 Å². The summed E-state index contributed by atoms with van der Waals surface area (Å²) in [6, 6.07) is 0. The van der Waals surface area contributed by atoms with E-state index in [1.807, 2.05) is 0 Å². The van der Waals surface area contributed by atoms with Gasteiger partial charge in [0.1, 0.15) is 11.2 Å². The van der Waals surface area contributed by atoms with Gasteiger partial charge in [-0.1, -0.05) is 55.4 Å². The van der Waals surface area contributed by atoms with E-state index in [9.17, 15) is 0 Å². The number of hydrogen-bond acceptors (Lipinski definition) is 2. The van der Waals surface area contributed by atoms with Crippen molar-refractivity contribution in [3.8, 4) is 0 Å². The third kappa shape index (κ3) is 5.37. The van der Waals surface area contributed by atoms with Gasteiger partial charge in [0.2, 0.25) is 0 Å². The van der Waals surface area contributed by atoms with E-state index in [0.717, 1.165) is 0 Å². The van der Waals surface area contributed by atoms with Crippen LogP contribution in [0.1, 0.15) is 83.1 Å². The van der Waals surface area contributed by atoms with Crippen LogP contribution >= 0.6 is 0 Å². The molecule has 0 amide bonds. The maximum absolute atomic E-state index is 5.90.